The van der Waals surface area contributed by atoms with Crippen LogP contribution >= 0.6 is 15.9 Å². The van der Waals surface area contributed by atoms with E-state index in [0.717, 1.165) is 0 Å². The van der Waals surface area contributed by atoms with Crippen molar-refractivity contribution in [2.75, 3.05) is 13.1 Å². The van der Waals surface area contributed by atoms with Crippen LogP contribution in [0.25, 0.3) is 10.9 Å². The number of hydrogen-bond donors (Lipinski definition) is 0. The largest absolute Gasteiger partial charge is 0.346 e. The van der Waals surface area contributed by atoms with Crippen molar-refractivity contribution in [2.24, 2.45) is 7.05 Å². The summed E-state index contributed by atoms with van der Waals surface area (Å²) in [5, 5.41) is 1.47. The molecule has 1 fully saturated rings. The summed E-state index contributed by atoms with van der Waals surface area (Å²) in [5.74, 6) is 0. The summed E-state index contributed by atoms with van der Waals surface area (Å²) in [6.45, 7) is 2.53. The van der Waals surface area contributed by atoms with Crippen LogP contribution in [0.1, 0.15) is 43.0 Å². The fraction of sp³-hybridized carbons (Fsp3) is 0.529. The molecule has 3 heteroatoms. The van der Waals surface area contributed by atoms with Crippen molar-refractivity contribution in [3.63, 3.8) is 0 Å². The molecule has 20 heavy (non-hydrogen) atoms. The normalized spacial score (nSPS) is 23.4. The Kier molecular flexibility index (Phi) is 3.15. The number of hydrogen-bond acceptors (Lipinski definition) is 1. The van der Waals surface area contributed by atoms with Crippen molar-refractivity contribution in [2.45, 2.75) is 38.1 Å². The molecule has 1 aromatic carbocycles. The molecule has 2 aromatic rings. The summed E-state index contributed by atoms with van der Waals surface area (Å²) in [7, 11) is 2.25. The van der Waals surface area contributed by atoms with Gasteiger partial charge in [0, 0.05) is 34.7 Å². The van der Waals surface area contributed by atoms with Gasteiger partial charge in [0.1, 0.15) is 0 Å². The fourth-order valence-electron chi connectivity index (χ4n) is 4.20. The molecule has 1 atom stereocenters. The molecule has 2 aliphatic heterocycles. The lowest BCUT2D eigenvalue weighted by atomic mass is 9.95. The minimum atomic E-state index is 0.650. The van der Waals surface area contributed by atoms with E-state index >= 15 is 0 Å². The highest BCUT2D eigenvalue weighted by atomic mass is 79.9. The first-order valence-corrected chi connectivity index (χ1v) is 8.56. The van der Waals surface area contributed by atoms with Crippen molar-refractivity contribution in [3.8, 4) is 0 Å². The predicted molar refractivity (Wildman–Crippen MR) is 87.1 cm³/mol. The Morgan fingerprint density at radius 3 is 2.95 bits per heavy atom. The number of rotatable bonds is 0. The van der Waals surface area contributed by atoms with E-state index in [0.29, 0.717) is 6.04 Å². The Morgan fingerprint density at radius 1 is 1.15 bits per heavy atom. The number of aromatic nitrogens is 1. The SMILES string of the molecule is Cn1c2c(c3ccc(Br)cc31)CCN1CCCCCC21. The predicted octanol–water partition coefficient (Wildman–Crippen LogP) is 4.41. The van der Waals surface area contributed by atoms with Crippen LogP contribution in [-0.4, -0.2) is 22.6 Å². The van der Waals surface area contributed by atoms with Gasteiger partial charge in [-0.15, -0.1) is 0 Å². The first kappa shape index (κ1) is 12.9. The Bertz CT molecular complexity index is 659. The molecule has 0 saturated carbocycles. The van der Waals surface area contributed by atoms with Gasteiger partial charge in [0.2, 0.25) is 0 Å². The minimum Gasteiger partial charge on any atom is -0.346 e. The zero-order valence-electron chi connectivity index (χ0n) is 12.0. The molecule has 0 radical (unpaired) electrons. The molecule has 0 amide bonds. The van der Waals surface area contributed by atoms with Gasteiger partial charge in [0.25, 0.3) is 0 Å². The van der Waals surface area contributed by atoms with E-state index in [1.807, 2.05) is 0 Å². The van der Waals surface area contributed by atoms with Gasteiger partial charge < -0.3 is 4.57 Å². The first-order chi connectivity index (χ1) is 9.75. The van der Waals surface area contributed by atoms with E-state index in [2.05, 4.69) is 50.6 Å². The average Bonchev–Trinajstić information content (AvgIpc) is 2.64. The third kappa shape index (κ3) is 1.86. The molecule has 0 aliphatic carbocycles. The second-order valence-corrected chi connectivity index (χ2v) is 7.15. The Labute approximate surface area is 128 Å². The molecule has 1 unspecified atom stereocenters. The zero-order valence-corrected chi connectivity index (χ0v) is 13.6. The van der Waals surface area contributed by atoms with Gasteiger partial charge in [0.05, 0.1) is 6.04 Å². The van der Waals surface area contributed by atoms with Crippen molar-refractivity contribution < 1.29 is 0 Å². The first-order valence-electron chi connectivity index (χ1n) is 7.76. The molecular weight excluding hydrogens is 312 g/mol. The number of nitrogens with zero attached hydrogens (tertiary/aromatic N) is 2. The van der Waals surface area contributed by atoms with Crippen LogP contribution in [0.5, 0.6) is 0 Å². The highest BCUT2D eigenvalue weighted by Crippen LogP contribution is 2.40. The van der Waals surface area contributed by atoms with E-state index < -0.39 is 0 Å². The monoisotopic (exact) mass is 332 g/mol. The van der Waals surface area contributed by atoms with Crippen LogP contribution < -0.4 is 0 Å². The standard InChI is InChI=1S/C17H21BrN2/c1-19-16-11-12(18)6-7-13(16)14-8-10-20-9-4-2-3-5-15(20)17(14)19/h6-7,11,15H,2-5,8-10H2,1H3. The number of fused-ring (bicyclic) bond motifs is 5. The zero-order chi connectivity index (χ0) is 13.7. The Hall–Kier alpha value is -0.800. The maximum atomic E-state index is 3.62. The third-order valence-corrected chi connectivity index (χ3v) is 5.64. The van der Waals surface area contributed by atoms with E-state index in [-0.39, 0.29) is 0 Å². The van der Waals surface area contributed by atoms with Gasteiger partial charge in [-0.1, -0.05) is 34.8 Å². The molecule has 2 nitrogen and oxygen atoms in total. The molecule has 1 aromatic heterocycles. The molecular formula is C17H21BrN2. The quantitative estimate of drug-likeness (QED) is 0.693. The maximum Gasteiger partial charge on any atom is 0.0503 e. The molecule has 1 saturated heterocycles. The van der Waals surface area contributed by atoms with E-state index in [9.17, 15) is 0 Å². The van der Waals surface area contributed by atoms with Gasteiger partial charge in [-0.25, -0.2) is 0 Å². The van der Waals surface area contributed by atoms with E-state index in [1.165, 1.54) is 60.6 Å². The summed E-state index contributed by atoms with van der Waals surface area (Å²) in [4.78, 5) is 2.73. The lowest BCUT2D eigenvalue weighted by Crippen LogP contribution is -2.35. The van der Waals surface area contributed by atoms with Crippen LogP contribution in [0.3, 0.4) is 0 Å². The number of halogens is 1. The van der Waals surface area contributed by atoms with Crippen molar-refractivity contribution in [1.82, 2.24) is 9.47 Å². The van der Waals surface area contributed by atoms with Crippen molar-refractivity contribution >= 4 is 26.8 Å². The molecule has 4 rings (SSSR count). The Balaban J connectivity index is 1.92. The minimum absolute atomic E-state index is 0.650. The second-order valence-electron chi connectivity index (χ2n) is 6.24. The highest BCUT2D eigenvalue weighted by Gasteiger charge is 2.32. The average molecular weight is 333 g/mol. The lowest BCUT2D eigenvalue weighted by molar-refractivity contribution is 0.183. The van der Waals surface area contributed by atoms with E-state index in [1.54, 1.807) is 11.3 Å². The van der Waals surface area contributed by atoms with Crippen LogP contribution in [0.15, 0.2) is 22.7 Å². The van der Waals surface area contributed by atoms with Crippen LogP contribution in [0.2, 0.25) is 0 Å². The second kappa shape index (κ2) is 4.88. The summed E-state index contributed by atoms with van der Waals surface area (Å²) < 4.78 is 3.64. The Morgan fingerprint density at radius 2 is 2.05 bits per heavy atom. The van der Waals surface area contributed by atoms with Crippen LogP contribution in [0.4, 0.5) is 0 Å². The van der Waals surface area contributed by atoms with Gasteiger partial charge >= 0.3 is 0 Å². The van der Waals surface area contributed by atoms with Crippen LogP contribution in [0, 0.1) is 0 Å². The van der Waals surface area contributed by atoms with Crippen molar-refractivity contribution in [3.05, 3.63) is 33.9 Å². The maximum absolute atomic E-state index is 3.62. The lowest BCUT2D eigenvalue weighted by Gasteiger charge is -2.35. The van der Waals surface area contributed by atoms with Gasteiger partial charge in [0.15, 0.2) is 0 Å². The molecule has 0 N–H and O–H groups in total. The number of benzene rings is 1. The smallest absolute Gasteiger partial charge is 0.0503 e. The molecule has 2 aliphatic rings. The summed E-state index contributed by atoms with van der Waals surface area (Å²) >= 11 is 3.62. The van der Waals surface area contributed by atoms with Crippen LogP contribution in [-0.2, 0) is 13.5 Å². The summed E-state index contributed by atoms with van der Waals surface area (Å²) in [6, 6.07) is 7.40. The molecule has 0 bridgehead atoms. The fourth-order valence-corrected chi connectivity index (χ4v) is 4.54. The number of aryl methyl sites for hydroxylation is 1. The van der Waals surface area contributed by atoms with Crippen molar-refractivity contribution in [1.29, 1.82) is 0 Å². The molecule has 106 valence electrons. The van der Waals surface area contributed by atoms with Gasteiger partial charge in [-0.3, -0.25) is 4.90 Å². The molecule has 3 heterocycles. The highest BCUT2D eigenvalue weighted by molar-refractivity contribution is 9.10. The third-order valence-electron chi connectivity index (χ3n) is 5.15. The summed E-state index contributed by atoms with van der Waals surface area (Å²) in [6.07, 6.45) is 6.70. The van der Waals surface area contributed by atoms with E-state index in [4.69, 9.17) is 0 Å². The topological polar surface area (TPSA) is 8.17 Å². The van der Waals surface area contributed by atoms with Gasteiger partial charge in [-0.05, 0) is 43.5 Å². The van der Waals surface area contributed by atoms with Gasteiger partial charge in [-0.2, -0.15) is 0 Å². The summed E-state index contributed by atoms with van der Waals surface area (Å²) in [5.41, 5.74) is 4.58. The molecule has 0 spiro atoms.